The van der Waals surface area contributed by atoms with Crippen LogP contribution in [0.25, 0.3) is 0 Å². The van der Waals surface area contributed by atoms with Gasteiger partial charge in [-0.25, -0.2) is 10.8 Å². The Hall–Kier alpha value is -1.73. The molecule has 1 rings (SSSR count). The van der Waals surface area contributed by atoms with Gasteiger partial charge in [0.25, 0.3) is 5.91 Å². The summed E-state index contributed by atoms with van der Waals surface area (Å²) in [5.74, 6) is 5.33. The van der Waals surface area contributed by atoms with Gasteiger partial charge in [0.15, 0.2) is 5.82 Å². The lowest BCUT2D eigenvalue weighted by Gasteiger charge is -2.23. The molecular weight excluding hydrogens is 244 g/mol. The number of nitrogens with two attached hydrogens (primary N) is 1. The van der Waals surface area contributed by atoms with Gasteiger partial charge in [0.05, 0.1) is 12.4 Å². The fraction of sp³-hybridized carbons (Fsp3) is 0.583. The Balaban J connectivity index is 2.43. The highest BCUT2D eigenvalue weighted by Gasteiger charge is 2.10. The molecule has 4 N–H and O–H groups in total. The lowest BCUT2D eigenvalue weighted by molar-refractivity contribution is 0.0942. The van der Waals surface area contributed by atoms with Gasteiger partial charge in [-0.05, 0) is 20.4 Å². The molecule has 106 valence electrons. The zero-order valence-corrected chi connectivity index (χ0v) is 11.7. The molecule has 0 spiro atoms. The zero-order chi connectivity index (χ0) is 14.3. The van der Waals surface area contributed by atoms with Gasteiger partial charge in [-0.3, -0.25) is 9.78 Å². The van der Waals surface area contributed by atoms with Crippen molar-refractivity contribution >= 4 is 11.7 Å². The molecule has 0 saturated heterocycles. The summed E-state index contributed by atoms with van der Waals surface area (Å²) in [6.45, 7) is 5.66. The second-order valence-electron chi connectivity index (χ2n) is 4.43. The maximum atomic E-state index is 11.8. The number of amides is 1. The topological polar surface area (TPSA) is 96.2 Å². The SMILES string of the molecule is CCC(C)N(C)CCNC(=O)c1cncc(NN)n1. The van der Waals surface area contributed by atoms with Crippen molar-refractivity contribution < 1.29 is 4.79 Å². The number of hydrogen-bond donors (Lipinski definition) is 3. The van der Waals surface area contributed by atoms with E-state index in [0.717, 1.165) is 13.0 Å². The molecule has 0 fully saturated rings. The smallest absolute Gasteiger partial charge is 0.271 e. The predicted molar refractivity (Wildman–Crippen MR) is 74.6 cm³/mol. The quantitative estimate of drug-likeness (QED) is 0.483. The van der Waals surface area contributed by atoms with Crippen LogP contribution in [0, 0.1) is 0 Å². The molecule has 1 aromatic rings. The molecule has 0 aromatic carbocycles. The van der Waals surface area contributed by atoms with Crippen LogP contribution in [0.1, 0.15) is 30.8 Å². The Kier molecular flexibility index (Phi) is 6.17. The molecule has 0 radical (unpaired) electrons. The molecule has 19 heavy (non-hydrogen) atoms. The highest BCUT2D eigenvalue weighted by atomic mass is 16.1. The molecule has 0 bridgehead atoms. The van der Waals surface area contributed by atoms with E-state index in [0.29, 0.717) is 18.4 Å². The molecular formula is C12H22N6O. The lowest BCUT2D eigenvalue weighted by atomic mass is 10.2. The third-order valence-corrected chi connectivity index (χ3v) is 3.11. The summed E-state index contributed by atoms with van der Waals surface area (Å²) in [6.07, 6.45) is 3.95. The molecule has 0 aliphatic heterocycles. The Morgan fingerprint density at radius 2 is 2.26 bits per heavy atom. The van der Waals surface area contributed by atoms with E-state index in [1.54, 1.807) is 0 Å². The normalized spacial score (nSPS) is 12.3. The van der Waals surface area contributed by atoms with Crippen LogP contribution in [-0.2, 0) is 0 Å². The first-order chi connectivity index (χ1) is 9.08. The number of likely N-dealkylation sites (N-methyl/N-ethyl adjacent to an activating group) is 1. The van der Waals surface area contributed by atoms with Gasteiger partial charge in [0, 0.05) is 19.1 Å². The summed E-state index contributed by atoms with van der Waals surface area (Å²) in [5.41, 5.74) is 2.61. The number of carbonyl (C=O) groups excluding carboxylic acids is 1. The predicted octanol–water partition coefficient (Wildman–Crippen LogP) is 0.222. The Labute approximate surface area is 113 Å². The minimum Gasteiger partial charge on any atom is -0.349 e. The fourth-order valence-corrected chi connectivity index (χ4v) is 1.51. The molecule has 0 saturated carbocycles. The molecule has 1 atom stereocenters. The average Bonchev–Trinajstić information content (AvgIpc) is 2.46. The number of aromatic nitrogens is 2. The minimum absolute atomic E-state index is 0.248. The maximum Gasteiger partial charge on any atom is 0.271 e. The molecule has 1 amide bonds. The summed E-state index contributed by atoms with van der Waals surface area (Å²) >= 11 is 0. The fourth-order valence-electron chi connectivity index (χ4n) is 1.51. The van der Waals surface area contributed by atoms with Crippen LogP contribution in [-0.4, -0.2) is 47.0 Å². The summed E-state index contributed by atoms with van der Waals surface area (Å²) in [4.78, 5) is 21.9. The first-order valence-electron chi connectivity index (χ1n) is 6.35. The van der Waals surface area contributed by atoms with Crippen molar-refractivity contribution in [1.82, 2.24) is 20.2 Å². The second kappa shape index (κ2) is 7.65. The van der Waals surface area contributed by atoms with E-state index in [9.17, 15) is 4.79 Å². The van der Waals surface area contributed by atoms with E-state index in [1.807, 2.05) is 7.05 Å². The van der Waals surface area contributed by atoms with Crippen LogP contribution in [0.5, 0.6) is 0 Å². The number of anilines is 1. The Morgan fingerprint density at radius 1 is 1.53 bits per heavy atom. The summed E-state index contributed by atoms with van der Waals surface area (Å²) in [7, 11) is 2.04. The number of rotatable bonds is 7. The van der Waals surface area contributed by atoms with E-state index >= 15 is 0 Å². The van der Waals surface area contributed by atoms with Crippen molar-refractivity contribution in [3.8, 4) is 0 Å². The third kappa shape index (κ3) is 4.80. The minimum atomic E-state index is -0.248. The summed E-state index contributed by atoms with van der Waals surface area (Å²) < 4.78 is 0. The Bertz CT molecular complexity index is 411. The maximum absolute atomic E-state index is 11.8. The van der Waals surface area contributed by atoms with Gasteiger partial charge < -0.3 is 15.6 Å². The average molecular weight is 266 g/mol. The van der Waals surface area contributed by atoms with Crippen molar-refractivity contribution in [2.45, 2.75) is 26.3 Å². The van der Waals surface area contributed by atoms with Crippen LogP contribution in [0.15, 0.2) is 12.4 Å². The molecule has 7 heteroatoms. The van der Waals surface area contributed by atoms with E-state index in [2.05, 4.69) is 39.5 Å². The molecule has 1 aromatic heterocycles. The Morgan fingerprint density at radius 3 is 2.89 bits per heavy atom. The summed E-state index contributed by atoms with van der Waals surface area (Å²) in [5, 5.41) is 2.81. The van der Waals surface area contributed by atoms with Crippen LogP contribution < -0.4 is 16.6 Å². The van der Waals surface area contributed by atoms with Gasteiger partial charge in [-0.1, -0.05) is 6.92 Å². The number of carbonyl (C=O) groups is 1. The van der Waals surface area contributed by atoms with Gasteiger partial charge in [-0.15, -0.1) is 0 Å². The van der Waals surface area contributed by atoms with Crippen LogP contribution in [0.2, 0.25) is 0 Å². The van der Waals surface area contributed by atoms with Crippen molar-refractivity contribution in [1.29, 1.82) is 0 Å². The van der Waals surface area contributed by atoms with E-state index in [-0.39, 0.29) is 11.6 Å². The van der Waals surface area contributed by atoms with Crippen molar-refractivity contribution in [2.75, 3.05) is 25.6 Å². The standard InChI is InChI=1S/C12H22N6O/c1-4-9(2)18(3)6-5-15-12(19)10-7-14-8-11(16-10)17-13/h7-9H,4-6,13H2,1-3H3,(H,15,19)(H,16,17). The molecule has 1 unspecified atom stereocenters. The molecule has 7 nitrogen and oxygen atoms in total. The van der Waals surface area contributed by atoms with Crippen LogP contribution in [0.3, 0.4) is 0 Å². The highest BCUT2D eigenvalue weighted by Crippen LogP contribution is 2.00. The summed E-state index contributed by atoms with van der Waals surface area (Å²) in [6, 6.07) is 0.501. The highest BCUT2D eigenvalue weighted by molar-refractivity contribution is 5.92. The third-order valence-electron chi connectivity index (χ3n) is 3.11. The molecule has 0 aliphatic carbocycles. The number of nitrogens with one attached hydrogen (secondary N) is 2. The van der Waals surface area contributed by atoms with Crippen LogP contribution >= 0.6 is 0 Å². The zero-order valence-electron chi connectivity index (χ0n) is 11.7. The second-order valence-corrected chi connectivity index (χ2v) is 4.43. The van der Waals surface area contributed by atoms with E-state index in [1.165, 1.54) is 12.4 Å². The van der Waals surface area contributed by atoms with Crippen molar-refractivity contribution in [3.05, 3.63) is 18.1 Å². The van der Waals surface area contributed by atoms with Gasteiger partial charge in [0.1, 0.15) is 5.69 Å². The van der Waals surface area contributed by atoms with Crippen molar-refractivity contribution in [2.24, 2.45) is 5.84 Å². The molecule has 1 heterocycles. The number of hydrazine groups is 1. The lowest BCUT2D eigenvalue weighted by Crippen LogP contribution is -2.37. The molecule has 0 aliphatic rings. The van der Waals surface area contributed by atoms with Crippen LogP contribution in [0.4, 0.5) is 5.82 Å². The van der Waals surface area contributed by atoms with Gasteiger partial charge in [0.2, 0.25) is 0 Å². The number of nitrogen functional groups attached to an aromatic ring is 1. The monoisotopic (exact) mass is 266 g/mol. The van der Waals surface area contributed by atoms with E-state index in [4.69, 9.17) is 5.84 Å². The van der Waals surface area contributed by atoms with Gasteiger partial charge in [-0.2, -0.15) is 0 Å². The number of hydrogen-bond acceptors (Lipinski definition) is 6. The van der Waals surface area contributed by atoms with E-state index < -0.39 is 0 Å². The van der Waals surface area contributed by atoms with Crippen molar-refractivity contribution in [3.63, 3.8) is 0 Å². The number of nitrogens with zero attached hydrogens (tertiary/aromatic N) is 3. The largest absolute Gasteiger partial charge is 0.349 e. The first kappa shape index (κ1) is 15.3. The first-order valence-corrected chi connectivity index (χ1v) is 6.35. The van der Waals surface area contributed by atoms with Gasteiger partial charge >= 0.3 is 0 Å².